The quantitative estimate of drug-likeness (QED) is 0.736. The summed E-state index contributed by atoms with van der Waals surface area (Å²) in [4.78, 5) is 14.8. The Morgan fingerprint density at radius 2 is 2.16 bits per heavy atom. The molecule has 4 heterocycles. The van der Waals surface area contributed by atoms with E-state index in [0.717, 1.165) is 29.7 Å². The van der Waals surface area contributed by atoms with E-state index in [2.05, 4.69) is 16.3 Å². The van der Waals surface area contributed by atoms with E-state index in [0.29, 0.717) is 13.0 Å². The van der Waals surface area contributed by atoms with Crippen LogP contribution in [-0.2, 0) is 4.79 Å². The molecule has 0 bridgehead atoms. The number of fused-ring (bicyclic) bond motifs is 1. The normalized spacial score (nSPS) is 23.3. The Hall–Kier alpha value is -3.14. The summed E-state index contributed by atoms with van der Waals surface area (Å²) in [6, 6.07) is 8.01. The molecular weight excluding hydrogens is 316 g/mol. The first kappa shape index (κ1) is 14.2. The molecule has 7 heteroatoms. The van der Waals surface area contributed by atoms with Crippen molar-refractivity contribution in [3.63, 3.8) is 0 Å². The Kier molecular flexibility index (Phi) is 2.80. The first-order valence-electron chi connectivity index (χ1n) is 8.43. The zero-order valence-electron chi connectivity index (χ0n) is 13.5. The molecule has 25 heavy (non-hydrogen) atoms. The number of amides is 1. The number of aromatic nitrogens is 4. The predicted octanol–water partition coefficient (Wildman–Crippen LogP) is 2.18. The van der Waals surface area contributed by atoms with Crippen molar-refractivity contribution in [2.24, 2.45) is 11.3 Å². The van der Waals surface area contributed by atoms with E-state index in [-0.39, 0.29) is 11.8 Å². The number of nitrogens with zero attached hydrogens (tertiary/aromatic N) is 6. The maximum absolute atomic E-state index is 13.1. The Labute approximate surface area is 144 Å². The summed E-state index contributed by atoms with van der Waals surface area (Å²) in [6.45, 7) is 0.574. The van der Waals surface area contributed by atoms with Crippen LogP contribution in [0.1, 0.15) is 19.3 Å². The lowest BCUT2D eigenvalue weighted by Crippen LogP contribution is -2.35. The fourth-order valence-electron chi connectivity index (χ4n) is 3.88. The zero-order valence-corrected chi connectivity index (χ0v) is 13.5. The standard InChI is InChI=1S/C18H16N6O/c19-12-18(13-2-3-13)5-9-22(17(18)25)15-4-7-21-24-11-14(10-16(15)24)23-8-1-6-20-23/h1,4,6-8,10-11,13H,2-3,5,9H2/t18-/m1/s1. The molecule has 124 valence electrons. The molecule has 1 amide bonds. The van der Waals surface area contributed by atoms with Crippen molar-refractivity contribution in [3.05, 3.63) is 43.0 Å². The SMILES string of the molecule is N#C[C@@]1(C2CC2)CCN(c2ccnn3cc(-n4cccn4)cc23)C1=O. The highest BCUT2D eigenvalue weighted by molar-refractivity contribution is 6.04. The van der Waals surface area contributed by atoms with Crippen molar-refractivity contribution in [1.82, 2.24) is 19.4 Å². The molecule has 2 fully saturated rings. The van der Waals surface area contributed by atoms with Gasteiger partial charge in [-0.05, 0) is 43.4 Å². The van der Waals surface area contributed by atoms with Crippen LogP contribution in [0.15, 0.2) is 43.0 Å². The van der Waals surface area contributed by atoms with Crippen LogP contribution in [0.4, 0.5) is 5.69 Å². The van der Waals surface area contributed by atoms with Gasteiger partial charge in [-0.25, -0.2) is 9.20 Å². The summed E-state index contributed by atoms with van der Waals surface area (Å²) >= 11 is 0. The molecular formula is C18H16N6O. The lowest BCUT2D eigenvalue weighted by atomic mass is 9.83. The van der Waals surface area contributed by atoms with Gasteiger partial charge in [-0.2, -0.15) is 15.5 Å². The van der Waals surface area contributed by atoms with Gasteiger partial charge in [0.15, 0.2) is 0 Å². The molecule has 7 nitrogen and oxygen atoms in total. The van der Waals surface area contributed by atoms with Crippen molar-refractivity contribution < 1.29 is 4.79 Å². The van der Waals surface area contributed by atoms with Crippen LogP contribution in [0.3, 0.4) is 0 Å². The number of carbonyl (C=O) groups is 1. The molecule has 1 aliphatic carbocycles. The maximum atomic E-state index is 13.1. The Balaban J connectivity index is 1.60. The fourth-order valence-corrected chi connectivity index (χ4v) is 3.88. The van der Waals surface area contributed by atoms with Gasteiger partial charge in [0.05, 0.1) is 29.2 Å². The van der Waals surface area contributed by atoms with Gasteiger partial charge in [0, 0.05) is 25.1 Å². The minimum atomic E-state index is -0.836. The number of anilines is 1. The van der Waals surface area contributed by atoms with Gasteiger partial charge in [0.25, 0.3) is 0 Å². The zero-order chi connectivity index (χ0) is 17.0. The van der Waals surface area contributed by atoms with E-state index in [4.69, 9.17) is 0 Å². The molecule has 3 aromatic rings. The molecule has 5 rings (SSSR count). The highest BCUT2D eigenvalue weighted by Crippen LogP contribution is 2.52. The Morgan fingerprint density at radius 3 is 2.88 bits per heavy atom. The summed E-state index contributed by atoms with van der Waals surface area (Å²) in [5.74, 6) is 0.159. The maximum Gasteiger partial charge on any atom is 0.247 e. The third kappa shape index (κ3) is 1.94. The van der Waals surface area contributed by atoms with Crippen molar-refractivity contribution in [3.8, 4) is 11.8 Å². The minimum absolute atomic E-state index is 0.0626. The van der Waals surface area contributed by atoms with Crippen LogP contribution in [0, 0.1) is 22.7 Å². The second-order valence-electron chi connectivity index (χ2n) is 6.76. The first-order chi connectivity index (χ1) is 12.2. The van der Waals surface area contributed by atoms with E-state index >= 15 is 0 Å². The van der Waals surface area contributed by atoms with Crippen molar-refractivity contribution in [2.75, 3.05) is 11.4 Å². The monoisotopic (exact) mass is 332 g/mol. The molecule has 0 N–H and O–H groups in total. The smallest absolute Gasteiger partial charge is 0.247 e. The van der Waals surface area contributed by atoms with E-state index in [1.54, 1.807) is 26.5 Å². The predicted molar refractivity (Wildman–Crippen MR) is 90.1 cm³/mol. The van der Waals surface area contributed by atoms with Gasteiger partial charge >= 0.3 is 0 Å². The third-order valence-electron chi connectivity index (χ3n) is 5.36. The van der Waals surface area contributed by atoms with Gasteiger partial charge in [-0.3, -0.25) is 4.79 Å². The summed E-state index contributed by atoms with van der Waals surface area (Å²) < 4.78 is 3.51. The highest BCUT2D eigenvalue weighted by Gasteiger charge is 2.56. The largest absolute Gasteiger partial charge is 0.309 e. The van der Waals surface area contributed by atoms with E-state index in [9.17, 15) is 10.1 Å². The third-order valence-corrected chi connectivity index (χ3v) is 5.36. The van der Waals surface area contributed by atoms with Gasteiger partial charge < -0.3 is 4.90 Å². The average molecular weight is 332 g/mol. The summed E-state index contributed by atoms with van der Waals surface area (Å²) in [5, 5.41) is 18.3. The molecule has 2 aliphatic rings. The van der Waals surface area contributed by atoms with E-state index < -0.39 is 5.41 Å². The Morgan fingerprint density at radius 1 is 1.28 bits per heavy atom. The molecule has 0 aromatic carbocycles. The number of hydrogen-bond acceptors (Lipinski definition) is 4. The summed E-state index contributed by atoms with van der Waals surface area (Å²) in [7, 11) is 0. The second-order valence-corrected chi connectivity index (χ2v) is 6.76. The van der Waals surface area contributed by atoms with Gasteiger partial charge in [0.2, 0.25) is 5.91 Å². The van der Waals surface area contributed by atoms with Crippen molar-refractivity contribution in [2.45, 2.75) is 19.3 Å². The van der Waals surface area contributed by atoms with Gasteiger partial charge in [-0.15, -0.1) is 0 Å². The van der Waals surface area contributed by atoms with Crippen LogP contribution in [0.5, 0.6) is 0 Å². The highest BCUT2D eigenvalue weighted by atomic mass is 16.2. The fraction of sp³-hybridized carbons (Fsp3) is 0.333. The van der Waals surface area contributed by atoms with Gasteiger partial charge in [-0.1, -0.05) is 0 Å². The lowest BCUT2D eigenvalue weighted by Gasteiger charge is -2.21. The lowest BCUT2D eigenvalue weighted by molar-refractivity contribution is -0.123. The molecule has 0 radical (unpaired) electrons. The molecule has 3 aromatic heterocycles. The molecule has 1 saturated heterocycles. The second kappa shape index (κ2) is 4.93. The number of hydrogen-bond donors (Lipinski definition) is 0. The van der Waals surface area contributed by atoms with Crippen LogP contribution < -0.4 is 4.90 Å². The molecule has 0 spiro atoms. The molecule has 1 aliphatic heterocycles. The van der Waals surface area contributed by atoms with Crippen molar-refractivity contribution in [1.29, 1.82) is 5.26 Å². The van der Waals surface area contributed by atoms with Crippen molar-refractivity contribution >= 4 is 17.1 Å². The molecule has 1 atom stereocenters. The molecule has 1 saturated carbocycles. The Bertz CT molecular complexity index is 1010. The van der Waals surface area contributed by atoms with Crippen LogP contribution in [0.25, 0.3) is 11.2 Å². The number of carbonyl (C=O) groups excluding carboxylic acids is 1. The van der Waals surface area contributed by atoms with Crippen LogP contribution in [0.2, 0.25) is 0 Å². The van der Waals surface area contributed by atoms with Gasteiger partial charge in [0.1, 0.15) is 5.41 Å². The van der Waals surface area contributed by atoms with Crippen LogP contribution >= 0.6 is 0 Å². The summed E-state index contributed by atoms with van der Waals surface area (Å²) in [5.41, 5.74) is 1.69. The molecule has 0 unspecified atom stereocenters. The first-order valence-corrected chi connectivity index (χ1v) is 8.43. The number of rotatable bonds is 3. The van der Waals surface area contributed by atoms with E-state index in [1.165, 1.54) is 0 Å². The summed E-state index contributed by atoms with van der Waals surface area (Å²) in [6.07, 6.45) is 9.72. The minimum Gasteiger partial charge on any atom is -0.309 e. The topological polar surface area (TPSA) is 79.2 Å². The van der Waals surface area contributed by atoms with Crippen LogP contribution in [-0.4, -0.2) is 31.8 Å². The number of nitriles is 1. The average Bonchev–Trinajstić information content (AvgIpc) is 3.07. The van der Waals surface area contributed by atoms with E-state index in [1.807, 2.05) is 30.6 Å².